The van der Waals surface area contributed by atoms with Crippen LogP contribution in [0.3, 0.4) is 0 Å². The first-order chi connectivity index (χ1) is 12.2. The van der Waals surface area contributed by atoms with E-state index >= 15 is 0 Å². The van der Waals surface area contributed by atoms with Gasteiger partial charge in [-0.15, -0.1) is 0 Å². The molecule has 0 saturated carbocycles. The van der Waals surface area contributed by atoms with E-state index in [1.807, 2.05) is 19.1 Å². The minimum absolute atomic E-state index is 0.277. The molecule has 0 unspecified atom stereocenters. The maximum Gasteiger partial charge on any atom is 0.277 e. The van der Waals surface area contributed by atoms with Crippen molar-refractivity contribution >= 4 is 11.6 Å². The number of benzene rings is 1. The Morgan fingerprint density at radius 2 is 2.04 bits per heavy atom. The van der Waals surface area contributed by atoms with Gasteiger partial charge in [0, 0.05) is 18.6 Å². The van der Waals surface area contributed by atoms with E-state index in [1.165, 1.54) is 12.6 Å². The van der Waals surface area contributed by atoms with Crippen molar-refractivity contribution < 1.29 is 18.7 Å². The Labute approximate surface area is 144 Å². The number of aryl methyl sites for hydroxylation is 1. The summed E-state index contributed by atoms with van der Waals surface area (Å²) in [6.07, 6.45) is 3.37. The van der Waals surface area contributed by atoms with Crippen LogP contribution in [0.15, 0.2) is 53.4 Å². The molecule has 0 aliphatic heterocycles. The Morgan fingerprint density at radius 1 is 1.20 bits per heavy atom. The van der Waals surface area contributed by atoms with E-state index in [4.69, 9.17) is 13.9 Å². The SMILES string of the molecule is CCc1ocnc1C(=O)Nc1ccc(Oc2cccc(OC)c2)nc1. The number of methoxy groups -OCH3 is 1. The van der Waals surface area contributed by atoms with Crippen LogP contribution in [0, 0.1) is 0 Å². The van der Waals surface area contributed by atoms with Gasteiger partial charge in [0.15, 0.2) is 12.1 Å². The number of oxazole rings is 1. The fourth-order valence-electron chi connectivity index (χ4n) is 2.20. The smallest absolute Gasteiger partial charge is 0.277 e. The molecule has 0 atom stereocenters. The number of hydrogen-bond acceptors (Lipinski definition) is 6. The van der Waals surface area contributed by atoms with Gasteiger partial charge in [0.1, 0.15) is 17.3 Å². The van der Waals surface area contributed by atoms with Gasteiger partial charge in [0.25, 0.3) is 5.91 Å². The topological polar surface area (TPSA) is 86.5 Å². The summed E-state index contributed by atoms with van der Waals surface area (Å²) in [5, 5.41) is 2.73. The van der Waals surface area contributed by atoms with Crippen LogP contribution >= 0.6 is 0 Å². The van der Waals surface area contributed by atoms with Gasteiger partial charge >= 0.3 is 0 Å². The van der Waals surface area contributed by atoms with Crippen LogP contribution in [0.1, 0.15) is 23.2 Å². The second kappa shape index (κ2) is 7.48. The van der Waals surface area contributed by atoms with E-state index in [2.05, 4.69) is 15.3 Å². The molecule has 2 aromatic heterocycles. The van der Waals surface area contributed by atoms with Crippen molar-refractivity contribution in [3.63, 3.8) is 0 Å². The fourth-order valence-corrected chi connectivity index (χ4v) is 2.20. The zero-order valence-electron chi connectivity index (χ0n) is 13.9. The summed E-state index contributed by atoms with van der Waals surface area (Å²) >= 11 is 0. The lowest BCUT2D eigenvalue weighted by Gasteiger charge is -2.08. The van der Waals surface area contributed by atoms with Crippen molar-refractivity contribution in [1.29, 1.82) is 0 Å². The summed E-state index contributed by atoms with van der Waals surface area (Å²) < 4.78 is 16.0. The highest BCUT2D eigenvalue weighted by atomic mass is 16.5. The fraction of sp³-hybridized carbons (Fsp3) is 0.167. The standard InChI is InChI=1S/C18H17N3O4/c1-3-15-17(20-11-24-15)18(22)21-12-7-8-16(19-10-12)25-14-6-4-5-13(9-14)23-2/h4-11H,3H2,1-2H3,(H,21,22). The third-order valence-corrected chi connectivity index (χ3v) is 3.43. The highest BCUT2D eigenvalue weighted by molar-refractivity contribution is 6.03. The van der Waals surface area contributed by atoms with Crippen molar-refractivity contribution in [3.8, 4) is 17.4 Å². The van der Waals surface area contributed by atoms with E-state index in [0.29, 0.717) is 35.2 Å². The number of anilines is 1. The van der Waals surface area contributed by atoms with Gasteiger partial charge in [-0.1, -0.05) is 13.0 Å². The van der Waals surface area contributed by atoms with Crippen LogP contribution in [0.25, 0.3) is 0 Å². The minimum atomic E-state index is -0.339. The molecule has 3 aromatic rings. The molecule has 3 rings (SSSR count). The summed E-state index contributed by atoms with van der Waals surface area (Å²) in [5.41, 5.74) is 0.812. The van der Waals surface area contributed by atoms with Crippen LogP contribution in [0.4, 0.5) is 5.69 Å². The number of carbonyl (C=O) groups excluding carboxylic acids is 1. The average Bonchev–Trinajstić information content (AvgIpc) is 3.12. The van der Waals surface area contributed by atoms with Gasteiger partial charge in [0.05, 0.1) is 19.0 Å². The lowest BCUT2D eigenvalue weighted by Crippen LogP contribution is -2.14. The molecule has 7 heteroatoms. The number of aromatic nitrogens is 2. The van der Waals surface area contributed by atoms with Crippen molar-refractivity contribution in [2.45, 2.75) is 13.3 Å². The van der Waals surface area contributed by atoms with Gasteiger partial charge < -0.3 is 19.2 Å². The largest absolute Gasteiger partial charge is 0.497 e. The van der Waals surface area contributed by atoms with Crippen LogP contribution in [-0.4, -0.2) is 23.0 Å². The minimum Gasteiger partial charge on any atom is -0.497 e. The van der Waals surface area contributed by atoms with Gasteiger partial charge in [-0.25, -0.2) is 9.97 Å². The second-order valence-corrected chi connectivity index (χ2v) is 5.10. The van der Waals surface area contributed by atoms with Crippen molar-refractivity contribution in [1.82, 2.24) is 9.97 Å². The molecule has 0 fully saturated rings. The Bertz CT molecular complexity index is 859. The normalized spacial score (nSPS) is 10.3. The first kappa shape index (κ1) is 16.5. The molecule has 7 nitrogen and oxygen atoms in total. The third kappa shape index (κ3) is 3.95. The maximum absolute atomic E-state index is 12.2. The lowest BCUT2D eigenvalue weighted by atomic mass is 10.2. The average molecular weight is 339 g/mol. The molecule has 2 heterocycles. The number of carbonyl (C=O) groups is 1. The molecule has 1 aromatic carbocycles. The van der Waals surface area contributed by atoms with Crippen LogP contribution in [0.5, 0.6) is 17.4 Å². The number of nitrogens with one attached hydrogen (secondary N) is 1. The predicted molar refractivity (Wildman–Crippen MR) is 91.1 cm³/mol. The number of amides is 1. The molecule has 0 saturated heterocycles. The molecular weight excluding hydrogens is 322 g/mol. The van der Waals surface area contributed by atoms with Gasteiger partial charge in [-0.05, 0) is 18.2 Å². The molecule has 0 radical (unpaired) electrons. The lowest BCUT2D eigenvalue weighted by molar-refractivity contribution is 0.102. The first-order valence-electron chi connectivity index (χ1n) is 7.71. The molecule has 128 valence electrons. The Kier molecular flexibility index (Phi) is 4.94. The van der Waals surface area contributed by atoms with E-state index in [1.54, 1.807) is 31.4 Å². The molecule has 0 aliphatic carbocycles. The number of ether oxygens (including phenoxy) is 2. The van der Waals surface area contributed by atoms with E-state index in [-0.39, 0.29) is 11.6 Å². The van der Waals surface area contributed by atoms with Crippen molar-refractivity contribution in [2.75, 3.05) is 12.4 Å². The Hall–Kier alpha value is -3.35. The quantitative estimate of drug-likeness (QED) is 0.737. The molecule has 1 amide bonds. The Balaban J connectivity index is 1.66. The number of pyridine rings is 1. The van der Waals surface area contributed by atoms with E-state index < -0.39 is 0 Å². The maximum atomic E-state index is 12.2. The number of rotatable bonds is 6. The predicted octanol–water partition coefficient (Wildman–Crippen LogP) is 3.69. The van der Waals surface area contributed by atoms with Crippen molar-refractivity contribution in [2.24, 2.45) is 0 Å². The van der Waals surface area contributed by atoms with E-state index in [9.17, 15) is 4.79 Å². The second-order valence-electron chi connectivity index (χ2n) is 5.10. The monoisotopic (exact) mass is 339 g/mol. The molecule has 1 N–H and O–H groups in total. The van der Waals surface area contributed by atoms with Crippen molar-refractivity contribution in [3.05, 3.63) is 60.4 Å². The molecule has 0 bridgehead atoms. The summed E-state index contributed by atoms with van der Waals surface area (Å²) in [4.78, 5) is 20.3. The van der Waals surface area contributed by atoms with Crippen LogP contribution < -0.4 is 14.8 Å². The summed E-state index contributed by atoms with van der Waals surface area (Å²) in [6.45, 7) is 1.89. The molecule has 25 heavy (non-hydrogen) atoms. The van der Waals surface area contributed by atoms with Gasteiger partial charge in [-0.3, -0.25) is 4.79 Å². The third-order valence-electron chi connectivity index (χ3n) is 3.43. The molecule has 0 aliphatic rings. The van der Waals surface area contributed by atoms with Crippen LogP contribution in [0.2, 0.25) is 0 Å². The number of nitrogens with zero attached hydrogens (tertiary/aromatic N) is 2. The molecular formula is C18H17N3O4. The number of hydrogen-bond donors (Lipinski definition) is 1. The summed E-state index contributed by atoms with van der Waals surface area (Å²) in [7, 11) is 1.59. The van der Waals surface area contributed by atoms with Gasteiger partial charge in [0.2, 0.25) is 5.88 Å². The van der Waals surface area contributed by atoms with E-state index in [0.717, 1.165) is 0 Å². The van der Waals surface area contributed by atoms with Gasteiger partial charge in [-0.2, -0.15) is 0 Å². The highest BCUT2D eigenvalue weighted by Crippen LogP contribution is 2.24. The molecule has 0 spiro atoms. The first-order valence-corrected chi connectivity index (χ1v) is 7.71. The summed E-state index contributed by atoms with van der Waals surface area (Å²) in [5.74, 6) is 1.92. The Morgan fingerprint density at radius 3 is 2.76 bits per heavy atom. The van der Waals surface area contributed by atoms with Crippen LogP contribution in [-0.2, 0) is 6.42 Å². The zero-order valence-corrected chi connectivity index (χ0v) is 13.9. The highest BCUT2D eigenvalue weighted by Gasteiger charge is 2.15. The summed E-state index contributed by atoms with van der Waals surface area (Å²) in [6, 6.07) is 10.6. The zero-order chi connectivity index (χ0) is 17.6.